The van der Waals surface area contributed by atoms with Crippen molar-refractivity contribution in [3.05, 3.63) is 12.3 Å². The first-order valence-electron chi connectivity index (χ1n) is 4.15. The van der Waals surface area contributed by atoms with E-state index >= 15 is 0 Å². The van der Waals surface area contributed by atoms with E-state index in [1.54, 1.807) is 7.11 Å². The third-order valence-corrected chi connectivity index (χ3v) is 2.41. The summed E-state index contributed by atoms with van der Waals surface area (Å²) in [5.74, 6) is 1.35. The first-order chi connectivity index (χ1) is 5.24. The lowest BCUT2D eigenvalue weighted by Gasteiger charge is -2.25. The van der Waals surface area contributed by atoms with Gasteiger partial charge in [0, 0.05) is 5.92 Å². The second kappa shape index (κ2) is 3.77. The summed E-state index contributed by atoms with van der Waals surface area (Å²) in [6.07, 6.45) is 3.75. The van der Waals surface area contributed by atoms with Crippen LogP contribution in [0.25, 0.3) is 0 Å². The largest absolute Gasteiger partial charge is 0.501 e. The van der Waals surface area contributed by atoms with Crippen LogP contribution in [-0.4, -0.2) is 18.3 Å². The highest BCUT2D eigenvalue weighted by molar-refractivity contribution is 4.93. The maximum absolute atomic E-state index is 9.21. The van der Waals surface area contributed by atoms with Gasteiger partial charge in [-0.05, 0) is 25.7 Å². The first-order valence-corrected chi connectivity index (χ1v) is 4.15. The first kappa shape index (κ1) is 8.60. The summed E-state index contributed by atoms with van der Waals surface area (Å²) in [4.78, 5) is 0. The van der Waals surface area contributed by atoms with Crippen molar-refractivity contribution in [3.8, 4) is 0 Å². The molecule has 0 aromatic carbocycles. The minimum Gasteiger partial charge on any atom is -0.501 e. The summed E-state index contributed by atoms with van der Waals surface area (Å²) in [6.45, 7) is 3.82. The summed E-state index contributed by atoms with van der Waals surface area (Å²) in [6, 6.07) is 0. The van der Waals surface area contributed by atoms with Crippen molar-refractivity contribution in [2.45, 2.75) is 31.8 Å². The standard InChI is InChI=1S/C9H16O2/c1-7(11-2)8-3-5-9(10)6-4-8/h8-10H,1,3-6H2,2H3. The summed E-state index contributed by atoms with van der Waals surface area (Å²) in [5.41, 5.74) is 0. The van der Waals surface area contributed by atoms with Crippen molar-refractivity contribution in [1.82, 2.24) is 0 Å². The second-order valence-corrected chi connectivity index (χ2v) is 3.18. The van der Waals surface area contributed by atoms with Gasteiger partial charge in [-0.2, -0.15) is 0 Å². The molecule has 1 saturated carbocycles. The fourth-order valence-corrected chi connectivity index (χ4v) is 1.56. The lowest BCUT2D eigenvalue weighted by Crippen LogP contribution is -2.19. The molecule has 0 aromatic rings. The Bertz CT molecular complexity index is 134. The van der Waals surface area contributed by atoms with Crippen LogP contribution in [0.3, 0.4) is 0 Å². The van der Waals surface area contributed by atoms with E-state index in [-0.39, 0.29) is 6.10 Å². The molecule has 0 atom stereocenters. The number of aliphatic hydroxyl groups is 1. The van der Waals surface area contributed by atoms with E-state index in [0.717, 1.165) is 31.4 Å². The van der Waals surface area contributed by atoms with E-state index in [4.69, 9.17) is 4.74 Å². The lowest BCUT2D eigenvalue weighted by molar-refractivity contribution is 0.100. The lowest BCUT2D eigenvalue weighted by atomic mass is 9.86. The quantitative estimate of drug-likeness (QED) is 0.616. The fourth-order valence-electron chi connectivity index (χ4n) is 1.56. The van der Waals surface area contributed by atoms with Crippen LogP contribution in [0.1, 0.15) is 25.7 Å². The molecule has 0 radical (unpaired) electrons. The van der Waals surface area contributed by atoms with Crippen LogP contribution in [0.4, 0.5) is 0 Å². The molecule has 0 aromatic heterocycles. The average Bonchev–Trinajstić information content (AvgIpc) is 2.05. The molecule has 0 saturated heterocycles. The summed E-state index contributed by atoms with van der Waals surface area (Å²) < 4.78 is 5.05. The molecular formula is C9H16O2. The molecule has 64 valence electrons. The van der Waals surface area contributed by atoms with Gasteiger partial charge in [0.2, 0.25) is 0 Å². The molecule has 0 bridgehead atoms. The number of hydrogen-bond acceptors (Lipinski definition) is 2. The highest BCUT2D eigenvalue weighted by Crippen LogP contribution is 2.29. The minimum absolute atomic E-state index is 0.0871. The van der Waals surface area contributed by atoms with E-state index < -0.39 is 0 Å². The Morgan fingerprint density at radius 2 is 1.91 bits per heavy atom. The molecule has 1 N–H and O–H groups in total. The van der Waals surface area contributed by atoms with Gasteiger partial charge in [0.15, 0.2) is 0 Å². The molecule has 0 aliphatic heterocycles. The predicted octanol–water partition coefficient (Wildman–Crippen LogP) is 1.70. The van der Waals surface area contributed by atoms with Crippen molar-refractivity contribution < 1.29 is 9.84 Å². The van der Waals surface area contributed by atoms with Crippen LogP contribution in [0, 0.1) is 5.92 Å². The van der Waals surface area contributed by atoms with E-state index in [1.165, 1.54) is 0 Å². The van der Waals surface area contributed by atoms with E-state index in [2.05, 4.69) is 6.58 Å². The van der Waals surface area contributed by atoms with E-state index in [1.807, 2.05) is 0 Å². The van der Waals surface area contributed by atoms with Crippen molar-refractivity contribution in [3.63, 3.8) is 0 Å². The summed E-state index contributed by atoms with van der Waals surface area (Å²) in [5, 5.41) is 9.21. The molecule has 0 amide bonds. The molecule has 1 aliphatic rings. The zero-order valence-electron chi connectivity index (χ0n) is 7.05. The van der Waals surface area contributed by atoms with E-state index in [0.29, 0.717) is 5.92 Å². The molecule has 0 spiro atoms. The van der Waals surface area contributed by atoms with Gasteiger partial charge in [0.1, 0.15) is 0 Å². The third kappa shape index (κ3) is 2.22. The fraction of sp³-hybridized carbons (Fsp3) is 0.778. The summed E-state index contributed by atoms with van der Waals surface area (Å²) >= 11 is 0. The SMILES string of the molecule is C=C(OC)C1CCC(O)CC1. The number of rotatable bonds is 2. The van der Waals surface area contributed by atoms with E-state index in [9.17, 15) is 5.11 Å². The topological polar surface area (TPSA) is 29.5 Å². The number of aliphatic hydroxyl groups excluding tert-OH is 1. The normalized spacial score (nSPS) is 31.5. The molecular weight excluding hydrogens is 140 g/mol. The highest BCUT2D eigenvalue weighted by Gasteiger charge is 2.21. The molecule has 0 unspecified atom stereocenters. The number of hydrogen-bond donors (Lipinski definition) is 1. The predicted molar refractivity (Wildman–Crippen MR) is 44.1 cm³/mol. The number of allylic oxidation sites excluding steroid dienone is 1. The molecule has 1 aliphatic carbocycles. The zero-order chi connectivity index (χ0) is 8.27. The molecule has 2 heteroatoms. The van der Waals surface area contributed by atoms with Gasteiger partial charge in [-0.3, -0.25) is 0 Å². The van der Waals surface area contributed by atoms with Crippen molar-refractivity contribution >= 4 is 0 Å². The minimum atomic E-state index is -0.0871. The Hall–Kier alpha value is -0.500. The monoisotopic (exact) mass is 156 g/mol. The molecule has 2 nitrogen and oxygen atoms in total. The van der Waals surface area contributed by atoms with Crippen LogP contribution < -0.4 is 0 Å². The van der Waals surface area contributed by atoms with Gasteiger partial charge in [-0.15, -0.1) is 0 Å². The third-order valence-electron chi connectivity index (χ3n) is 2.41. The Balaban J connectivity index is 2.33. The average molecular weight is 156 g/mol. The molecule has 0 heterocycles. The van der Waals surface area contributed by atoms with Gasteiger partial charge < -0.3 is 9.84 Å². The maximum atomic E-state index is 9.21. The number of methoxy groups -OCH3 is 1. The van der Waals surface area contributed by atoms with Crippen LogP contribution in [-0.2, 0) is 4.74 Å². The maximum Gasteiger partial charge on any atom is 0.0914 e. The number of ether oxygens (including phenoxy) is 1. The van der Waals surface area contributed by atoms with Crippen LogP contribution in [0.5, 0.6) is 0 Å². The Kier molecular flexibility index (Phi) is 2.94. The summed E-state index contributed by atoms with van der Waals surface area (Å²) in [7, 11) is 1.66. The van der Waals surface area contributed by atoms with Crippen molar-refractivity contribution in [2.24, 2.45) is 5.92 Å². The van der Waals surface area contributed by atoms with Crippen LogP contribution in [0.2, 0.25) is 0 Å². The van der Waals surface area contributed by atoms with Gasteiger partial charge in [0.25, 0.3) is 0 Å². The molecule has 1 fully saturated rings. The van der Waals surface area contributed by atoms with Gasteiger partial charge in [-0.25, -0.2) is 0 Å². The van der Waals surface area contributed by atoms with Gasteiger partial charge >= 0.3 is 0 Å². The second-order valence-electron chi connectivity index (χ2n) is 3.18. The van der Waals surface area contributed by atoms with Gasteiger partial charge in [-0.1, -0.05) is 6.58 Å². The van der Waals surface area contributed by atoms with Crippen LogP contribution in [0.15, 0.2) is 12.3 Å². The van der Waals surface area contributed by atoms with Crippen LogP contribution >= 0.6 is 0 Å². The highest BCUT2D eigenvalue weighted by atomic mass is 16.5. The Labute approximate surface area is 67.9 Å². The Morgan fingerprint density at radius 3 is 2.36 bits per heavy atom. The van der Waals surface area contributed by atoms with Crippen molar-refractivity contribution in [2.75, 3.05) is 7.11 Å². The molecule has 11 heavy (non-hydrogen) atoms. The van der Waals surface area contributed by atoms with Crippen molar-refractivity contribution in [1.29, 1.82) is 0 Å². The Morgan fingerprint density at radius 1 is 1.36 bits per heavy atom. The van der Waals surface area contributed by atoms with Gasteiger partial charge in [0.05, 0.1) is 19.0 Å². The zero-order valence-corrected chi connectivity index (χ0v) is 7.05. The molecule has 1 rings (SSSR count). The smallest absolute Gasteiger partial charge is 0.0914 e.